The van der Waals surface area contributed by atoms with Crippen LogP contribution in [0.3, 0.4) is 0 Å². The third kappa shape index (κ3) is 5.39. The number of nitrogens with zero attached hydrogens (tertiary/aromatic N) is 1. The maximum atomic E-state index is 12.7. The van der Waals surface area contributed by atoms with Crippen molar-refractivity contribution < 1.29 is 14.3 Å². The van der Waals surface area contributed by atoms with Crippen LogP contribution in [0.1, 0.15) is 31.8 Å². The minimum atomic E-state index is -0.340. The van der Waals surface area contributed by atoms with E-state index in [2.05, 4.69) is 11.4 Å². The summed E-state index contributed by atoms with van der Waals surface area (Å²) in [6.07, 6.45) is 0. The van der Waals surface area contributed by atoms with Crippen LogP contribution in [-0.4, -0.2) is 30.8 Å². The third-order valence-electron chi connectivity index (χ3n) is 4.45. The summed E-state index contributed by atoms with van der Waals surface area (Å²) in [6.45, 7) is 2.44. The summed E-state index contributed by atoms with van der Waals surface area (Å²) in [6, 6.07) is 19.8. The van der Waals surface area contributed by atoms with Crippen LogP contribution >= 0.6 is 11.6 Å². The molecule has 1 N–H and O–H groups in total. The molecular weight excluding hydrogens is 400 g/mol. The first-order valence-electron chi connectivity index (χ1n) is 9.44. The van der Waals surface area contributed by atoms with Crippen molar-refractivity contribution in [2.45, 2.75) is 13.5 Å². The van der Waals surface area contributed by atoms with E-state index in [9.17, 15) is 9.59 Å². The fourth-order valence-corrected chi connectivity index (χ4v) is 3.07. The number of carbonyl (C=O) groups excluding carboxylic acids is 2. The van der Waals surface area contributed by atoms with Crippen molar-refractivity contribution in [1.82, 2.24) is 4.90 Å². The lowest BCUT2D eigenvalue weighted by Crippen LogP contribution is -2.22. The highest BCUT2D eigenvalue weighted by Crippen LogP contribution is 2.25. The van der Waals surface area contributed by atoms with Gasteiger partial charge in [0.25, 0.3) is 11.8 Å². The average molecular weight is 423 g/mol. The molecule has 0 spiro atoms. The van der Waals surface area contributed by atoms with Crippen molar-refractivity contribution in [3.05, 3.63) is 94.0 Å². The van der Waals surface area contributed by atoms with Crippen LogP contribution in [0, 0.1) is 6.92 Å². The summed E-state index contributed by atoms with van der Waals surface area (Å²) in [4.78, 5) is 26.4. The van der Waals surface area contributed by atoms with Gasteiger partial charge in [-0.3, -0.25) is 9.59 Å². The molecule has 0 aromatic heterocycles. The molecule has 3 aromatic rings. The summed E-state index contributed by atoms with van der Waals surface area (Å²) < 4.78 is 5.83. The number of ether oxygens (including phenoxy) is 1. The Morgan fingerprint density at radius 3 is 2.47 bits per heavy atom. The summed E-state index contributed by atoms with van der Waals surface area (Å²) in [5.41, 5.74) is 3.46. The van der Waals surface area contributed by atoms with Gasteiger partial charge in [-0.2, -0.15) is 0 Å². The van der Waals surface area contributed by atoms with Gasteiger partial charge in [0.15, 0.2) is 0 Å². The van der Waals surface area contributed by atoms with E-state index in [1.165, 1.54) is 4.90 Å². The van der Waals surface area contributed by atoms with Gasteiger partial charge < -0.3 is 15.0 Å². The van der Waals surface area contributed by atoms with Gasteiger partial charge in [0.05, 0.1) is 10.7 Å². The van der Waals surface area contributed by atoms with Crippen LogP contribution in [0.25, 0.3) is 0 Å². The second-order valence-corrected chi connectivity index (χ2v) is 7.56. The van der Waals surface area contributed by atoms with Crippen molar-refractivity contribution in [3.63, 3.8) is 0 Å². The molecule has 0 aliphatic carbocycles. The number of aryl methyl sites for hydroxylation is 1. The van der Waals surface area contributed by atoms with Crippen LogP contribution in [0.5, 0.6) is 5.75 Å². The van der Waals surface area contributed by atoms with E-state index < -0.39 is 0 Å². The highest BCUT2D eigenvalue weighted by molar-refractivity contribution is 6.34. The van der Waals surface area contributed by atoms with Crippen molar-refractivity contribution in [1.29, 1.82) is 0 Å². The Morgan fingerprint density at radius 1 is 0.967 bits per heavy atom. The number of nitrogens with one attached hydrogen (secondary N) is 1. The predicted octanol–water partition coefficient (Wildman–Crippen LogP) is 5.18. The SMILES string of the molecule is Cc1cccc(COc2cccc(C(=O)Nc3cc(C(=O)N(C)C)ccc3Cl)c2)c1. The summed E-state index contributed by atoms with van der Waals surface area (Å²) in [5.74, 6) is 0.0767. The molecule has 30 heavy (non-hydrogen) atoms. The zero-order valence-electron chi connectivity index (χ0n) is 17.1. The first-order chi connectivity index (χ1) is 14.3. The van der Waals surface area contributed by atoms with E-state index in [-0.39, 0.29) is 11.8 Å². The molecule has 2 amide bonds. The molecule has 0 bridgehead atoms. The van der Waals surface area contributed by atoms with Gasteiger partial charge in [-0.25, -0.2) is 0 Å². The van der Waals surface area contributed by atoms with Crippen molar-refractivity contribution >= 4 is 29.1 Å². The second kappa shape index (κ2) is 9.46. The molecule has 0 saturated carbocycles. The number of benzene rings is 3. The lowest BCUT2D eigenvalue weighted by atomic mass is 10.1. The first kappa shape index (κ1) is 21.4. The zero-order valence-corrected chi connectivity index (χ0v) is 17.9. The number of hydrogen-bond acceptors (Lipinski definition) is 3. The molecule has 0 unspecified atom stereocenters. The Hall–Kier alpha value is -3.31. The molecule has 0 fully saturated rings. The number of rotatable bonds is 6. The Labute approximate surface area is 181 Å². The lowest BCUT2D eigenvalue weighted by Gasteiger charge is -2.13. The van der Waals surface area contributed by atoms with Gasteiger partial charge in [0.2, 0.25) is 0 Å². The maximum Gasteiger partial charge on any atom is 0.255 e. The Kier molecular flexibility index (Phi) is 6.75. The largest absolute Gasteiger partial charge is 0.489 e. The zero-order chi connectivity index (χ0) is 21.7. The molecule has 3 aromatic carbocycles. The predicted molar refractivity (Wildman–Crippen MR) is 119 cm³/mol. The highest BCUT2D eigenvalue weighted by atomic mass is 35.5. The number of amides is 2. The molecule has 0 aliphatic heterocycles. The monoisotopic (exact) mass is 422 g/mol. The van der Waals surface area contributed by atoms with Crippen LogP contribution in [-0.2, 0) is 6.61 Å². The molecule has 6 heteroatoms. The summed E-state index contributed by atoms with van der Waals surface area (Å²) in [7, 11) is 3.33. The molecule has 0 radical (unpaired) electrons. The standard InChI is InChI=1S/C24H23ClN2O3/c1-16-6-4-7-17(12-16)15-30-20-9-5-8-18(13-20)23(28)26-22-14-19(10-11-21(22)25)24(29)27(2)3/h4-14H,15H2,1-3H3,(H,26,28). The molecule has 0 atom stereocenters. The molecule has 5 nitrogen and oxygen atoms in total. The van der Waals surface area contributed by atoms with Crippen LogP contribution in [0.15, 0.2) is 66.7 Å². The number of carbonyl (C=O) groups is 2. The smallest absolute Gasteiger partial charge is 0.255 e. The number of anilines is 1. The van der Waals surface area contributed by atoms with E-state index in [1.807, 2.05) is 25.1 Å². The van der Waals surface area contributed by atoms with E-state index in [1.54, 1.807) is 56.6 Å². The highest BCUT2D eigenvalue weighted by Gasteiger charge is 2.14. The van der Waals surface area contributed by atoms with Gasteiger partial charge in [0, 0.05) is 25.2 Å². The molecule has 0 aliphatic rings. The van der Waals surface area contributed by atoms with E-state index in [0.29, 0.717) is 34.2 Å². The summed E-state index contributed by atoms with van der Waals surface area (Å²) >= 11 is 6.21. The van der Waals surface area contributed by atoms with E-state index >= 15 is 0 Å². The van der Waals surface area contributed by atoms with Crippen molar-refractivity contribution in [3.8, 4) is 5.75 Å². The topological polar surface area (TPSA) is 58.6 Å². The second-order valence-electron chi connectivity index (χ2n) is 7.15. The number of hydrogen-bond donors (Lipinski definition) is 1. The maximum absolute atomic E-state index is 12.7. The minimum absolute atomic E-state index is 0.172. The van der Waals surface area contributed by atoms with Gasteiger partial charge in [-0.05, 0) is 48.9 Å². The van der Waals surface area contributed by atoms with Gasteiger partial charge >= 0.3 is 0 Å². The summed E-state index contributed by atoms with van der Waals surface area (Å²) in [5, 5.41) is 3.12. The molecule has 0 heterocycles. The minimum Gasteiger partial charge on any atom is -0.489 e. The first-order valence-corrected chi connectivity index (χ1v) is 9.82. The van der Waals surface area contributed by atoms with Crippen molar-refractivity contribution in [2.75, 3.05) is 19.4 Å². The Bertz CT molecular complexity index is 1080. The lowest BCUT2D eigenvalue weighted by molar-refractivity contribution is 0.0827. The fourth-order valence-electron chi connectivity index (χ4n) is 2.90. The average Bonchev–Trinajstić information content (AvgIpc) is 2.73. The molecular formula is C24H23ClN2O3. The molecule has 0 saturated heterocycles. The van der Waals surface area contributed by atoms with Gasteiger partial charge in [-0.1, -0.05) is 47.5 Å². The van der Waals surface area contributed by atoms with Crippen LogP contribution in [0.4, 0.5) is 5.69 Å². The quantitative estimate of drug-likeness (QED) is 0.595. The van der Waals surface area contributed by atoms with Crippen LogP contribution < -0.4 is 10.1 Å². The Morgan fingerprint density at radius 2 is 1.73 bits per heavy atom. The van der Waals surface area contributed by atoms with Gasteiger partial charge in [0.1, 0.15) is 12.4 Å². The Balaban J connectivity index is 1.72. The normalized spacial score (nSPS) is 10.4. The fraction of sp³-hybridized carbons (Fsp3) is 0.167. The van der Waals surface area contributed by atoms with E-state index in [0.717, 1.165) is 11.1 Å². The molecule has 3 rings (SSSR count). The van der Waals surface area contributed by atoms with Gasteiger partial charge in [-0.15, -0.1) is 0 Å². The van der Waals surface area contributed by atoms with E-state index in [4.69, 9.17) is 16.3 Å². The number of halogens is 1. The van der Waals surface area contributed by atoms with Crippen LogP contribution in [0.2, 0.25) is 5.02 Å². The van der Waals surface area contributed by atoms with Crippen molar-refractivity contribution in [2.24, 2.45) is 0 Å². The molecule has 154 valence electrons. The third-order valence-corrected chi connectivity index (χ3v) is 4.78.